The number of aryl methyl sites for hydroxylation is 1. The van der Waals surface area contributed by atoms with Crippen LogP contribution < -0.4 is 14.4 Å². The van der Waals surface area contributed by atoms with Crippen LogP contribution in [0.2, 0.25) is 0 Å². The number of ether oxygens (including phenoxy) is 2. The monoisotopic (exact) mass is 393 g/mol. The summed E-state index contributed by atoms with van der Waals surface area (Å²) in [4.78, 5) is 13.7. The Morgan fingerprint density at radius 3 is 2.38 bits per heavy atom. The van der Waals surface area contributed by atoms with Crippen LogP contribution in [-0.2, 0) is 4.79 Å². The first-order chi connectivity index (χ1) is 14.0. The first kappa shape index (κ1) is 19.8. The summed E-state index contributed by atoms with van der Waals surface area (Å²) in [5, 5.41) is 0. The zero-order chi connectivity index (χ0) is 20.4. The molecule has 2 atom stereocenters. The van der Waals surface area contributed by atoms with E-state index < -0.39 is 0 Å². The number of nitrogens with zero attached hydrogens (tertiary/aromatic N) is 1. The van der Waals surface area contributed by atoms with Crippen molar-refractivity contribution in [1.29, 1.82) is 0 Å². The Bertz CT molecular complexity index is 857. The van der Waals surface area contributed by atoms with E-state index in [4.69, 9.17) is 9.47 Å². The van der Waals surface area contributed by atoms with Gasteiger partial charge >= 0.3 is 0 Å². The molecular weight excluding hydrogens is 362 g/mol. The van der Waals surface area contributed by atoms with E-state index in [0.29, 0.717) is 12.5 Å². The normalized spacial score (nSPS) is 19.8. The van der Waals surface area contributed by atoms with Gasteiger partial charge in [-0.1, -0.05) is 19.1 Å². The van der Waals surface area contributed by atoms with E-state index in [1.165, 1.54) is 29.7 Å². The Morgan fingerprint density at radius 2 is 1.72 bits per heavy atom. The Labute approximate surface area is 173 Å². The van der Waals surface area contributed by atoms with Crippen molar-refractivity contribution in [3.05, 3.63) is 53.6 Å². The third kappa shape index (κ3) is 5.11. The summed E-state index contributed by atoms with van der Waals surface area (Å²) in [7, 11) is 0. The molecule has 0 amide bonds. The number of hydrogen-bond acceptors (Lipinski definition) is 4. The molecule has 0 N–H and O–H groups in total. The van der Waals surface area contributed by atoms with Gasteiger partial charge in [-0.15, -0.1) is 0 Å². The Hall–Kier alpha value is -2.49. The minimum Gasteiger partial charge on any atom is -0.490 e. The Balaban J connectivity index is 1.33. The van der Waals surface area contributed by atoms with Crippen LogP contribution >= 0.6 is 0 Å². The number of carbonyl (C=O) groups excluding carboxylic acids is 1. The van der Waals surface area contributed by atoms with Gasteiger partial charge in [-0.3, -0.25) is 0 Å². The molecule has 4 rings (SSSR count). The van der Waals surface area contributed by atoms with Crippen molar-refractivity contribution in [3.63, 3.8) is 0 Å². The van der Waals surface area contributed by atoms with Crippen molar-refractivity contribution in [1.82, 2.24) is 0 Å². The van der Waals surface area contributed by atoms with Crippen molar-refractivity contribution in [2.24, 2.45) is 0 Å². The highest BCUT2D eigenvalue weighted by Gasteiger charge is 2.26. The fourth-order valence-corrected chi connectivity index (χ4v) is 4.09. The maximum atomic E-state index is 11.3. The van der Waals surface area contributed by atoms with Crippen molar-refractivity contribution < 1.29 is 14.3 Å². The third-order valence-corrected chi connectivity index (χ3v) is 5.83. The first-order valence-electron chi connectivity index (χ1n) is 10.8. The van der Waals surface area contributed by atoms with Gasteiger partial charge in [0.2, 0.25) is 0 Å². The zero-order valence-corrected chi connectivity index (χ0v) is 17.7. The molecule has 29 heavy (non-hydrogen) atoms. The number of carbonyl (C=O) groups is 1. The molecule has 1 aliphatic carbocycles. The molecule has 1 aliphatic heterocycles. The van der Waals surface area contributed by atoms with Crippen LogP contribution in [0.3, 0.4) is 0 Å². The highest BCUT2D eigenvalue weighted by Crippen LogP contribution is 2.32. The predicted molar refractivity (Wildman–Crippen MR) is 116 cm³/mol. The Morgan fingerprint density at radius 1 is 1.03 bits per heavy atom. The maximum Gasteiger partial charge on any atom is 0.130 e. The van der Waals surface area contributed by atoms with Crippen LogP contribution in [0, 0.1) is 6.92 Å². The second-order valence-electron chi connectivity index (χ2n) is 8.62. The molecule has 154 valence electrons. The average Bonchev–Trinajstić information content (AvgIpc) is 3.38. The van der Waals surface area contributed by atoms with Crippen LogP contribution in [0.4, 0.5) is 5.69 Å². The largest absolute Gasteiger partial charge is 0.490 e. The highest BCUT2D eigenvalue weighted by atomic mass is 16.5. The summed E-state index contributed by atoms with van der Waals surface area (Å²) in [6.45, 7) is 7.79. The van der Waals surface area contributed by atoms with Gasteiger partial charge in [0.15, 0.2) is 0 Å². The van der Waals surface area contributed by atoms with Gasteiger partial charge in [0, 0.05) is 25.1 Å². The van der Waals surface area contributed by atoms with Gasteiger partial charge in [-0.25, -0.2) is 0 Å². The number of rotatable bonds is 8. The molecule has 0 aromatic heterocycles. The van der Waals surface area contributed by atoms with E-state index in [9.17, 15) is 4.79 Å². The molecule has 1 heterocycles. The zero-order valence-electron chi connectivity index (χ0n) is 17.7. The molecule has 2 aromatic rings. The second-order valence-corrected chi connectivity index (χ2v) is 8.62. The molecule has 0 radical (unpaired) electrons. The van der Waals surface area contributed by atoms with Gasteiger partial charge < -0.3 is 19.2 Å². The smallest absolute Gasteiger partial charge is 0.130 e. The molecule has 4 nitrogen and oxygen atoms in total. The summed E-state index contributed by atoms with van der Waals surface area (Å²) < 4.78 is 12.1. The number of ketones is 1. The molecule has 1 unspecified atom stereocenters. The van der Waals surface area contributed by atoms with Crippen molar-refractivity contribution in [2.45, 2.75) is 64.6 Å². The third-order valence-electron chi connectivity index (χ3n) is 5.83. The molecule has 0 spiro atoms. The molecular formula is C25H31NO3. The van der Waals surface area contributed by atoms with E-state index >= 15 is 0 Å². The molecule has 1 saturated heterocycles. The maximum absolute atomic E-state index is 11.3. The van der Waals surface area contributed by atoms with E-state index in [-0.39, 0.29) is 17.8 Å². The second kappa shape index (κ2) is 8.48. The molecule has 1 saturated carbocycles. The summed E-state index contributed by atoms with van der Waals surface area (Å²) >= 11 is 0. The summed E-state index contributed by atoms with van der Waals surface area (Å²) in [6, 6.07) is 14.7. The minimum absolute atomic E-state index is 0.192. The van der Waals surface area contributed by atoms with Crippen LogP contribution in [-0.4, -0.2) is 31.1 Å². The van der Waals surface area contributed by atoms with E-state index in [2.05, 4.69) is 49.1 Å². The number of benzene rings is 2. The lowest BCUT2D eigenvalue weighted by atomic mass is 9.96. The molecule has 2 aliphatic rings. The number of anilines is 1. The van der Waals surface area contributed by atoms with Crippen molar-refractivity contribution >= 4 is 11.5 Å². The van der Waals surface area contributed by atoms with E-state index in [1.54, 1.807) is 6.92 Å². The lowest BCUT2D eigenvalue weighted by Gasteiger charge is -2.22. The van der Waals surface area contributed by atoms with E-state index in [0.717, 1.165) is 31.0 Å². The van der Waals surface area contributed by atoms with Crippen LogP contribution in [0.15, 0.2) is 42.5 Å². The van der Waals surface area contributed by atoms with E-state index in [1.807, 2.05) is 12.1 Å². The predicted octanol–water partition coefficient (Wildman–Crippen LogP) is 5.28. The minimum atomic E-state index is 0.192. The average molecular weight is 394 g/mol. The SMILES string of the molecule is CC(=O)C[C@@H](C)c1ccc(OC2CCN(c3ccc(OC4CC4)cc3C)C2)cc1. The van der Waals surface area contributed by atoms with Gasteiger partial charge in [-0.2, -0.15) is 0 Å². The summed E-state index contributed by atoms with van der Waals surface area (Å²) in [5.74, 6) is 2.37. The lowest BCUT2D eigenvalue weighted by molar-refractivity contribution is -0.117. The summed E-state index contributed by atoms with van der Waals surface area (Å²) in [6.07, 6.45) is 4.59. The van der Waals surface area contributed by atoms with Gasteiger partial charge in [0.25, 0.3) is 0 Å². The highest BCUT2D eigenvalue weighted by molar-refractivity contribution is 5.76. The lowest BCUT2D eigenvalue weighted by Crippen LogP contribution is -2.25. The fraction of sp³-hybridized carbons (Fsp3) is 0.480. The van der Waals surface area contributed by atoms with Crippen molar-refractivity contribution in [2.75, 3.05) is 18.0 Å². The standard InChI is InChI=1S/C25H31NO3/c1-17(14-19(3)27)20-4-6-21(7-5-20)29-24-12-13-26(16-24)25-11-10-23(15-18(25)2)28-22-8-9-22/h4-7,10-11,15,17,22,24H,8-9,12-14,16H2,1-3H3/t17-,24?/m1/s1. The van der Waals surface area contributed by atoms with Crippen molar-refractivity contribution in [3.8, 4) is 11.5 Å². The molecule has 2 aromatic carbocycles. The fourth-order valence-electron chi connectivity index (χ4n) is 4.09. The Kier molecular flexibility index (Phi) is 5.79. The van der Waals surface area contributed by atoms with Crippen LogP contribution in [0.5, 0.6) is 11.5 Å². The molecule has 0 bridgehead atoms. The molecule has 2 fully saturated rings. The van der Waals surface area contributed by atoms with Crippen LogP contribution in [0.25, 0.3) is 0 Å². The quantitative estimate of drug-likeness (QED) is 0.612. The first-order valence-corrected chi connectivity index (χ1v) is 10.8. The molecule has 4 heteroatoms. The summed E-state index contributed by atoms with van der Waals surface area (Å²) in [5.41, 5.74) is 3.71. The van der Waals surface area contributed by atoms with Gasteiger partial charge in [0.1, 0.15) is 23.4 Å². The van der Waals surface area contributed by atoms with Gasteiger partial charge in [0.05, 0.1) is 12.6 Å². The topological polar surface area (TPSA) is 38.8 Å². The number of hydrogen-bond donors (Lipinski definition) is 0. The van der Waals surface area contributed by atoms with Gasteiger partial charge in [-0.05, 0) is 74.1 Å². The number of Topliss-reactive ketones (excluding diaryl/α,β-unsaturated/α-hetero) is 1. The van der Waals surface area contributed by atoms with Crippen LogP contribution in [0.1, 0.15) is 56.6 Å².